The molecule has 0 unspecified atom stereocenters. The Hall–Kier alpha value is -2.12. The van der Waals surface area contributed by atoms with Crippen LogP contribution in [0.1, 0.15) is 6.42 Å². The molecule has 1 aliphatic heterocycles. The summed E-state index contributed by atoms with van der Waals surface area (Å²) in [6, 6.07) is 5.46. The summed E-state index contributed by atoms with van der Waals surface area (Å²) < 4.78 is 12.3. The molecule has 0 radical (unpaired) electrons. The minimum absolute atomic E-state index is 0.301. The highest BCUT2D eigenvalue weighted by molar-refractivity contribution is 5.75. The zero-order chi connectivity index (χ0) is 16.1. The van der Waals surface area contributed by atoms with E-state index in [1.54, 1.807) is 6.07 Å². The number of aromatic nitrogens is 2. The first-order chi connectivity index (χ1) is 11.3. The molecule has 7 heteroatoms. The Balaban J connectivity index is 1.60. The summed E-state index contributed by atoms with van der Waals surface area (Å²) in [5, 5.41) is 0. The largest absolute Gasteiger partial charge is 0.493 e. The summed E-state index contributed by atoms with van der Waals surface area (Å²) in [6.07, 6.45) is 2.19. The van der Waals surface area contributed by atoms with Gasteiger partial charge in [-0.25, -0.2) is 4.98 Å². The topological polar surface area (TPSA) is 65.8 Å². The van der Waals surface area contributed by atoms with E-state index in [-0.39, 0.29) is 5.56 Å². The molecule has 0 spiro atoms. The van der Waals surface area contributed by atoms with Gasteiger partial charge in [-0.3, -0.25) is 9.69 Å². The van der Waals surface area contributed by atoms with E-state index in [0.29, 0.717) is 23.4 Å². The van der Waals surface area contributed by atoms with Gasteiger partial charge in [-0.2, -0.15) is 0 Å². The summed E-state index contributed by atoms with van der Waals surface area (Å²) in [4.78, 5) is 23.3. The van der Waals surface area contributed by atoms with E-state index in [1.807, 2.05) is 12.1 Å². The molecule has 124 valence electrons. The van der Waals surface area contributed by atoms with Crippen molar-refractivity contribution < 1.29 is 14.3 Å². The molecule has 1 aliphatic rings. The molecule has 3 rings (SSSR count). The SMILES string of the molecule is COn1c(=O)cnc2ccc(OCCCN3CCOCC3)cc21. The van der Waals surface area contributed by atoms with Crippen LogP contribution in [0.25, 0.3) is 11.0 Å². The molecule has 0 aliphatic carbocycles. The minimum Gasteiger partial charge on any atom is -0.493 e. The highest BCUT2D eigenvalue weighted by Gasteiger charge is 2.10. The molecule has 0 amide bonds. The van der Waals surface area contributed by atoms with E-state index >= 15 is 0 Å². The maximum Gasteiger partial charge on any atom is 0.302 e. The second-order valence-electron chi connectivity index (χ2n) is 5.38. The average Bonchev–Trinajstić information content (AvgIpc) is 2.59. The minimum atomic E-state index is -0.301. The zero-order valence-electron chi connectivity index (χ0n) is 13.2. The Kier molecular flexibility index (Phi) is 5.09. The first-order valence-corrected chi connectivity index (χ1v) is 7.77. The molecule has 1 fully saturated rings. The van der Waals surface area contributed by atoms with Crippen LogP contribution in [0.15, 0.2) is 29.2 Å². The lowest BCUT2D eigenvalue weighted by Crippen LogP contribution is -2.37. The van der Waals surface area contributed by atoms with E-state index in [2.05, 4.69) is 9.88 Å². The number of benzene rings is 1. The van der Waals surface area contributed by atoms with Crippen LogP contribution < -0.4 is 15.1 Å². The first-order valence-electron chi connectivity index (χ1n) is 7.77. The molecule has 0 saturated carbocycles. The van der Waals surface area contributed by atoms with Crippen molar-refractivity contribution in [3.63, 3.8) is 0 Å². The van der Waals surface area contributed by atoms with Crippen LogP contribution in [0.3, 0.4) is 0 Å². The molecule has 0 bridgehead atoms. The monoisotopic (exact) mass is 319 g/mol. The first kappa shape index (κ1) is 15.8. The lowest BCUT2D eigenvalue weighted by atomic mass is 10.3. The maximum absolute atomic E-state index is 11.7. The molecule has 0 N–H and O–H groups in total. The molecule has 2 heterocycles. The summed E-state index contributed by atoms with van der Waals surface area (Å²) in [6.45, 7) is 5.23. The van der Waals surface area contributed by atoms with Crippen LogP contribution in [0.2, 0.25) is 0 Å². The molecule has 1 aromatic heterocycles. The average molecular weight is 319 g/mol. The van der Waals surface area contributed by atoms with Crippen molar-refractivity contribution in [2.75, 3.05) is 46.6 Å². The molecule has 0 atom stereocenters. The fourth-order valence-electron chi connectivity index (χ4n) is 2.65. The summed E-state index contributed by atoms with van der Waals surface area (Å²) in [5.74, 6) is 0.706. The van der Waals surface area contributed by atoms with E-state index in [0.717, 1.165) is 39.3 Å². The third-order valence-corrected chi connectivity index (χ3v) is 3.85. The van der Waals surface area contributed by atoms with Crippen LogP contribution in [0, 0.1) is 0 Å². The lowest BCUT2D eigenvalue weighted by molar-refractivity contribution is 0.0358. The predicted molar refractivity (Wildman–Crippen MR) is 85.9 cm³/mol. The van der Waals surface area contributed by atoms with Crippen LogP contribution in [0.4, 0.5) is 0 Å². The highest BCUT2D eigenvalue weighted by atomic mass is 16.6. The second kappa shape index (κ2) is 7.43. The Morgan fingerprint density at radius 3 is 2.91 bits per heavy atom. The van der Waals surface area contributed by atoms with Gasteiger partial charge in [0.1, 0.15) is 18.4 Å². The Labute approximate surface area is 134 Å². The van der Waals surface area contributed by atoms with Crippen LogP contribution >= 0.6 is 0 Å². The van der Waals surface area contributed by atoms with Crippen LogP contribution in [-0.2, 0) is 4.74 Å². The van der Waals surface area contributed by atoms with Gasteiger partial charge in [0.25, 0.3) is 0 Å². The zero-order valence-corrected chi connectivity index (χ0v) is 13.2. The van der Waals surface area contributed by atoms with Gasteiger partial charge in [0.05, 0.1) is 31.5 Å². The summed E-state index contributed by atoms with van der Waals surface area (Å²) in [5.41, 5.74) is 0.988. The molecule has 23 heavy (non-hydrogen) atoms. The van der Waals surface area contributed by atoms with Gasteiger partial charge in [-0.15, -0.1) is 4.73 Å². The number of rotatable bonds is 6. The smallest absolute Gasteiger partial charge is 0.302 e. The third kappa shape index (κ3) is 3.80. The quantitative estimate of drug-likeness (QED) is 0.725. The van der Waals surface area contributed by atoms with Gasteiger partial charge in [-0.1, -0.05) is 0 Å². The summed E-state index contributed by atoms with van der Waals surface area (Å²) >= 11 is 0. The van der Waals surface area contributed by atoms with Gasteiger partial charge in [-0.05, 0) is 18.6 Å². The van der Waals surface area contributed by atoms with Gasteiger partial charge >= 0.3 is 5.56 Å². The van der Waals surface area contributed by atoms with Gasteiger partial charge in [0, 0.05) is 25.7 Å². The number of hydrogen-bond donors (Lipinski definition) is 0. The maximum atomic E-state index is 11.7. The molecule has 7 nitrogen and oxygen atoms in total. The molecule has 1 aromatic carbocycles. The normalized spacial score (nSPS) is 15.7. The molecule has 1 saturated heterocycles. The van der Waals surface area contributed by atoms with Crippen molar-refractivity contribution in [1.29, 1.82) is 0 Å². The van der Waals surface area contributed by atoms with E-state index in [1.165, 1.54) is 18.0 Å². The van der Waals surface area contributed by atoms with Gasteiger partial charge in [0.15, 0.2) is 0 Å². The van der Waals surface area contributed by atoms with Gasteiger partial charge in [0.2, 0.25) is 0 Å². The van der Waals surface area contributed by atoms with Crippen molar-refractivity contribution in [2.45, 2.75) is 6.42 Å². The number of nitrogens with zero attached hydrogens (tertiary/aromatic N) is 3. The molecule has 2 aromatic rings. The second-order valence-corrected chi connectivity index (χ2v) is 5.38. The van der Waals surface area contributed by atoms with Crippen molar-refractivity contribution in [3.8, 4) is 5.75 Å². The number of hydrogen-bond acceptors (Lipinski definition) is 6. The van der Waals surface area contributed by atoms with Crippen LogP contribution in [0.5, 0.6) is 5.75 Å². The third-order valence-electron chi connectivity index (χ3n) is 3.85. The standard InChI is InChI=1S/C16H21N3O4/c1-21-19-15-11-13(3-4-14(15)17-12-16(19)20)23-8-2-5-18-6-9-22-10-7-18/h3-4,11-12H,2,5-10H2,1H3. The number of fused-ring (bicyclic) bond motifs is 1. The highest BCUT2D eigenvalue weighted by Crippen LogP contribution is 2.18. The lowest BCUT2D eigenvalue weighted by Gasteiger charge is -2.26. The van der Waals surface area contributed by atoms with Crippen molar-refractivity contribution in [1.82, 2.24) is 14.6 Å². The van der Waals surface area contributed by atoms with E-state index < -0.39 is 0 Å². The predicted octanol–water partition coefficient (Wildman–Crippen LogP) is 0.556. The fraction of sp³-hybridized carbons (Fsp3) is 0.500. The Morgan fingerprint density at radius 1 is 1.30 bits per heavy atom. The van der Waals surface area contributed by atoms with Crippen molar-refractivity contribution in [2.24, 2.45) is 0 Å². The van der Waals surface area contributed by atoms with Crippen LogP contribution in [-0.4, -0.2) is 61.2 Å². The van der Waals surface area contributed by atoms with Gasteiger partial charge < -0.3 is 14.3 Å². The molecular weight excluding hydrogens is 298 g/mol. The van der Waals surface area contributed by atoms with E-state index in [9.17, 15) is 4.79 Å². The summed E-state index contributed by atoms with van der Waals surface area (Å²) in [7, 11) is 1.46. The van der Waals surface area contributed by atoms with E-state index in [4.69, 9.17) is 14.3 Å². The van der Waals surface area contributed by atoms with Crippen molar-refractivity contribution >= 4 is 11.0 Å². The number of morpholine rings is 1. The molecular formula is C16H21N3O4. The Morgan fingerprint density at radius 2 is 2.13 bits per heavy atom. The van der Waals surface area contributed by atoms with Crippen molar-refractivity contribution in [3.05, 3.63) is 34.7 Å². The Bertz CT molecular complexity index is 710. The fourth-order valence-corrected chi connectivity index (χ4v) is 2.65. The number of ether oxygens (including phenoxy) is 2.